The second-order valence-corrected chi connectivity index (χ2v) is 9.02. The highest BCUT2D eigenvalue weighted by atomic mass is 32.2. The number of anilines is 2. The molecular formula is C20H31N5O2S. The molecule has 0 aliphatic heterocycles. The Labute approximate surface area is 168 Å². The molecule has 0 aliphatic carbocycles. The second-order valence-electron chi connectivity index (χ2n) is 7.18. The molecule has 8 heteroatoms. The van der Waals surface area contributed by atoms with Gasteiger partial charge in [0.2, 0.25) is 10.0 Å². The standard InChI is InChI=1S/C20H31N5O2S/c1-16(2)25(17(3)4)28(26,27)18-10-11-20(24-15-18)23-14-8-7-13-22-19-9-5-6-12-21-19/h5-6,9-12,15-17H,7-8,13-14H2,1-4H3,(H,21,22)(H,23,24). The minimum atomic E-state index is -3.55. The van der Waals surface area contributed by atoms with Crippen LogP contribution in [0.3, 0.4) is 0 Å². The zero-order valence-electron chi connectivity index (χ0n) is 17.1. The minimum absolute atomic E-state index is 0.109. The lowest BCUT2D eigenvalue weighted by molar-refractivity contribution is 0.302. The summed E-state index contributed by atoms with van der Waals surface area (Å²) in [4.78, 5) is 8.71. The molecule has 2 N–H and O–H groups in total. The van der Waals surface area contributed by atoms with E-state index in [1.54, 1.807) is 18.3 Å². The molecule has 0 saturated heterocycles. The number of hydrogen-bond acceptors (Lipinski definition) is 6. The van der Waals surface area contributed by atoms with Crippen LogP contribution in [0.2, 0.25) is 0 Å². The van der Waals surface area contributed by atoms with E-state index in [0.717, 1.165) is 31.7 Å². The number of nitrogens with zero attached hydrogens (tertiary/aromatic N) is 3. The van der Waals surface area contributed by atoms with Crippen LogP contribution >= 0.6 is 0 Å². The maximum Gasteiger partial charge on any atom is 0.245 e. The molecule has 0 atom stereocenters. The van der Waals surface area contributed by atoms with E-state index in [-0.39, 0.29) is 17.0 Å². The minimum Gasteiger partial charge on any atom is -0.370 e. The Hall–Kier alpha value is -2.19. The van der Waals surface area contributed by atoms with Gasteiger partial charge in [-0.3, -0.25) is 0 Å². The Kier molecular flexibility index (Phi) is 8.19. The number of pyridine rings is 2. The summed E-state index contributed by atoms with van der Waals surface area (Å²) in [6.07, 6.45) is 5.16. The largest absolute Gasteiger partial charge is 0.370 e. The van der Waals surface area contributed by atoms with Crippen molar-refractivity contribution in [3.8, 4) is 0 Å². The van der Waals surface area contributed by atoms with Crippen LogP contribution in [-0.2, 0) is 10.0 Å². The quantitative estimate of drug-likeness (QED) is 0.556. The Bertz CT molecular complexity index is 800. The monoisotopic (exact) mass is 405 g/mol. The molecule has 2 aromatic rings. The van der Waals surface area contributed by atoms with Gasteiger partial charge in [0.15, 0.2) is 0 Å². The first-order valence-electron chi connectivity index (χ1n) is 9.70. The van der Waals surface area contributed by atoms with E-state index in [2.05, 4.69) is 20.6 Å². The fraction of sp³-hybridized carbons (Fsp3) is 0.500. The van der Waals surface area contributed by atoms with Crippen LogP contribution in [-0.4, -0.2) is 47.9 Å². The average Bonchev–Trinajstić information content (AvgIpc) is 2.65. The van der Waals surface area contributed by atoms with Crippen LogP contribution in [0.15, 0.2) is 47.6 Å². The van der Waals surface area contributed by atoms with Gasteiger partial charge >= 0.3 is 0 Å². The van der Waals surface area contributed by atoms with Crippen LogP contribution in [0, 0.1) is 0 Å². The number of sulfonamides is 1. The van der Waals surface area contributed by atoms with Crippen LogP contribution in [0.25, 0.3) is 0 Å². The van der Waals surface area contributed by atoms with Crippen LogP contribution in [0.4, 0.5) is 11.6 Å². The van der Waals surface area contributed by atoms with Crippen molar-refractivity contribution in [3.05, 3.63) is 42.7 Å². The highest BCUT2D eigenvalue weighted by molar-refractivity contribution is 7.89. The van der Waals surface area contributed by atoms with E-state index < -0.39 is 10.0 Å². The first-order valence-corrected chi connectivity index (χ1v) is 11.1. The van der Waals surface area contributed by atoms with Gasteiger partial charge in [-0.15, -0.1) is 0 Å². The van der Waals surface area contributed by atoms with Gasteiger partial charge in [0, 0.05) is 37.6 Å². The summed E-state index contributed by atoms with van der Waals surface area (Å²) in [5, 5.41) is 6.50. The number of unbranched alkanes of at least 4 members (excludes halogenated alkanes) is 1. The Morgan fingerprint density at radius 2 is 1.50 bits per heavy atom. The van der Waals surface area contributed by atoms with Gasteiger partial charge in [-0.1, -0.05) is 6.07 Å². The molecule has 7 nitrogen and oxygen atoms in total. The van der Waals surface area contributed by atoms with E-state index >= 15 is 0 Å². The summed E-state index contributed by atoms with van der Waals surface area (Å²) < 4.78 is 27.2. The highest BCUT2D eigenvalue weighted by Crippen LogP contribution is 2.21. The van der Waals surface area contributed by atoms with Gasteiger partial charge in [-0.25, -0.2) is 18.4 Å². The molecule has 0 bridgehead atoms. The van der Waals surface area contributed by atoms with Crippen molar-refractivity contribution in [2.45, 2.75) is 57.5 Å². The predicted molar refractivity (Wildman–Crippen MR) is 114 cm³/mol. The fourth-order valence-electron chi connectivity index (χ4n) is 3.06. The van der Waals surface area contributed by atoms with Crippen LogP contribution in [0.1, 0.15) is 40.5 Å². The number of rotatable bonds is 11. The Balaban J connectivity index is 1.80. The first kappa shape index (κ1) is 22.1. The molecular weight excluding hydrogens is 374 g/mol. The van der Waals surface area contributed by atoms with Gasteiger partial charge < -0.3 is 10.6 Å². The van der Waals surface area contributed by atoms with Crippen molar-refractivity contribution >= 4 is 21.7 Å². The van der Waals surface area contributed by atoms with Crippen molar-refractivity contribution in [1.29, 1.82) is 0 Å². The molecule has 28 heavy (non-hydrogen) atoms. The topological polar surface area (TPSA) is 87.2 Å². The third kappa shape index (κ3) is 6.17. The molecule has 0 aliphatic rings. The summed E-state index contributed by atoms with van der Waals surface area (Å²) in [5.74, 6) is 1.56. The summed E-state index contributed by atoms with van der Waals surface area (Å²) in [6, 6.07) is 8.90. The van der Waals surface area contributed by atoms with Crippen molar-refractivity contribution in [1.82, 2.24) is 14.3 Å². The van der Waals surface area contributed by atoms with Crippen molar-refractivity contribution in [2.24, 2.45) is 0 Å². The van der Waals surface area contributed by atoms with Crippen LogP contribution < -0.4 is 10.6 Å². The summed E-state index contributed by atoms with van der Waals surface area (Å²) in [6.45, 7) is 9.14. The first-order chi connectivity index (χ1) is 13.3. The van der Waals surface area contributed by atoms with Crippen molar-refractivity contribution in [3.63, 3.8) is 0 Å². The molecule has 0 saturated carbocycles. The molecule has 0 radical (unpaired) electrons. The molecule has 2 aromatic heterocycles. The second kappa shape index (κ2) is 10.4. The normalized spacial score (nSPS) is 12.0. The van der Waals surface area contributed by atoms with Crippen molar-refractivity contribution in [2.75, 3.05) is 23.7 Å². The predicted octanol–water partition coefficient (Wildman–Crippen LogP) is 3.59. The molecule has 2 rings (SSSR count). The van der Waals surface area contributed by atoms with E-state index in [1.807, 2.05) is 45.9 Å². The van der Waals surface area contributed by atoms with E-state index in [9.17, 15) is 8.42 Å². The van der Waals surface area contributed by atoms with E-state index in [4.69, 9.17) is 0 Å². The molecule has 0 unspecified atom stereocenters. The maximum atomic E-state index is 12.8. The van der Waals surface area contributed by atoms with Gasteiger partial charge in [0.05, 0.1) is 0 Å². The lowest BCUT2D eigenvalue weighted by Gasteiger charge is -2.29. The molecule has 0 fully saturated rings. The Morgan fingerprint density at radius 3 is 1.96 bits per heavy atom. The highest BCUT2D eigenvalue weighted by Gasteiger charge is 2.29. The third-order valence-electron chi connectivity index (χ3n) is 4.21. The molecule has 2 heterocycles. The van der Waals surface area contributed by atoms with Crippen LogP contribution in [0.5, 0.6) is 0 Å². The SMILES string of the molecule is CC(C)N(C(C)C)S(=O)(=O)c1ccc(NCCCCNc2ccccn2)nc1. The number of hydrogen-bond donors (Lipinski definition) is 2. The molecule has 0 amide bonds. The maximum absolute atomic E-state index is 12.8. The van der Waals surface area contributed by atoms with Gasteiger partial charge in [0.25, 0.3) is 0 Å². The van der Waals surface area contributed by atoms with Gasteiger partial charge in [0.1, 0.15) is 16.5 Å². The summed E-state index contributed by atoms with van der Waals surface area (Å²) in [7, 11) is -3.55. The summed E-state index contributed by atoms with van der Waals surface area (Å²) in [5.41, 5.74) is 0. The molecule has 0 aromatic carbocycles. The zero-order valence-corrected chi connectivity index (χ0v) is 17.9. The third-order valence-corrected chi connectivity index (χ3v) is 6.45. The lowest BCUT2D eigenvalue weighted by atomic mass is 10.3. The van der Waals surface area contributed by atoms with Crippen molar-refractivity contribution < 1.29 is 8.42 Å². The molecule has 0 spiro atoms. The Morgan fingerprint density at radius 1 is 0.893 bits per heavy atom. The number of nitrogens with one attached hydrogen (secondary N) is 2. The van der Waals surface area contributed by atoms with Gasteiger partial charge in [-0.2, -0.15) is 4.31 Å². The summed E-state index contributed by atoms with van der Waals surface area (Å²) >= 11 is 0. The lowest BCUT2D eigenvalue weighted by Crippen LogP contribution is -2.41. The van der Waals surface area contributed by atoms with E-state index in [1.165, 1.54) is 10.5 Å². The van der Waals surface area contributed by atoms with Gasteiger partial charge in [-0.05, 0) is 64.8 Å². The smallest absolute Gasteiger partial charge is 0.245 e. The average molecular weight is 406 g/mol. The van der Waals surface area contributed by atoms with E-state index in [0.29, 0.717) is 5.82 Å². The molecule has 154 valence electrons. The number of aromatic nitrogens is 2. The fourth-order valence-corrected chi connectivity index (χ4v) is 4.84. The zero-order chi connectivity index (χ0) is 20.6.